The van der Waals surface area contributed by atoms with Crippen molar-refractivity contribution in [1.29, 1.82) is 0 Å². The van der Waals surface area contributed by atoms with Gasteiger partial charge >= 0.3 is 47.8 Å². The molecule has 1 aromatic rings. The van der Waals surface area contributed by atoms with Crippen LogP contribution >= 0.6 is 23.5 Å². The summed E-state index contributed by atoms with van der Waals surface area (Å²) in [5.41, 5.74) is -5.76. The highest BCUT2D eigenvalue weighted by molar-refractivity contribution is 8.08. The van der Waals surface area contributed by atoms with Gasteiger partial charge in [0.2, 0.25) is 11.6 Å². The highest BCUT2D eigenvalue weighted by Crippen LogP contribution is 2.51. The second-order valence-corrected chi connectivity index (χ2v) is 18.2. The largest absolute Gasteiger partial charge is 0.507 e. The number of carbonyl (C=O) groups excluding carboxylic acids is 10. The number of aromatic hydroxyl groups is 2. The first-order valence-electron chi connectivity index (χ1n) is 20.0. The molecule has 0 aromatic heterocycles. The van der Waals surface area contributed by atoms with E-state index in [1.165, 1.54) is 0 Å². The van der Waals surface area contributed by atoms with Crippen molar-refractivity contribution in [1.82, 2.24) is 0 Å². The Hall–Kier alpha value is -5.72. The SMILES string of the molecule is CC(=O)OC[C@H]1O[C@@H](SC2=C(S[C@@H]3O[C@H](COC(C)=O)[C@@H](OC(C)=O)[C@H](OC(C)=O)[C@H]3OC(C)=O)C(=O)c3c(O)c(C(C)(C)C)cc(O)c3C2=O)[C@H](OC(C)=O)[C@@H](OC(C)=O)[C@@H]1OC(C)=O. The molecule has 1 aromatic carbocycles. The summed E-state index contributed by atoms with van der Waals surface area (Å²) in [6.07, 6.45) is -13.3. The molecular weight excluding hydrogens is 921 g/mol. The molecule has 2 aliphatic heterocycles. The summed E-state index contributed by atoms with van der Waals surface area (Å²) in [5, 5.41) is 23.2. The Morgan fingerprint density at radius 3 is 1.15 bits per heavy atom. The minimum Gasteiger partial charge on any atom is -0.507 e. The average molecular weight is 971 g/mol. The molecule has 3 aliphatic rings. The molecule has 0 bridgehead atoms. The Kier molecular flexibility index (Phi) is 17.4. The normalized spacial score (nSPS) is 26.2. The van der Waals surface area contributed by atoms with Crippen LogP contribution in [-0.2, 0) is 91.1 Å². The minimum absolute atomic E-state index is 0.0345. The maximum atomic E-state index is 15.1. The lowest BCUT2D eigenvalue weighted by atomic mass is 9.81. The second-order valence-electron chi connectivity index (χ2n) is 16.0. The number of phenolic OH excluding ortho intramolecular Hbond substituents is 2. The van der Waals surface area contributed by atoms with Gasteiger partial charge in [-0.05, 0) is 11.5 Å². The Morgan fingerprint density at radius 1 is 0.515 bits per heavy atom. The molecule has 0 amide bonds. The molecule has 2 N–H and O–H groups in total. The lowest BCUT2D eigenvalue weighted by Crippen LogP contribution is -2.61. The number of fused-ring (bicyclic) bond motifs is 1. The summed E-state index contributed by atoms with van der Waals surface area (Å²) < 4.78 is 56.0. The highest BCUT2D eigenvalue weighted by atomic mass is 32.2. The van der Waals surface area contributed by atoms with Crippen LogP contribution < -0.4 is 0 Å². The molecule has 2 fully saturated rings. The Balaban J connectivity index is 2.06. The molecule has 66 heavy (non-hydrogen) atoms. The van der Waals surface area contributed by atoms with E-state index in [1.54, 1.807) is 20.8 Å². The van der Waals surface area contributed by atoms with Gasteiger partial charge in [0.25, 0.3) is 0 Å². The van der Waals surface area contributed by atoms with Gasteiger partial charge in [-0.3, -0.25) is 47.9 Å². The Morgan fingerprint density at radius 2 is 0.833 bits per heavy atom. The van der Waals surface area contributed by atoms with Crippen LogP contribution in [0.1, 0.15) is 102 Å². The monoisotopic (exact) mass is 970 g/mol. The smallest absolute Gasteiger partial charge is 0.303 e. The van der Waals surface area contributed by atoms with Gasteiger partial charge in [-0.1, -0.05) is 44.3 Å². The molecular formula is C42H50O22S2. The summed E-state index contributed by atoms with van der Waals surface area (Å²) in [6, 6.07) is 1.09. The molecule has 0 spiro atoms. The number of phenols is 2. The van der Waals surface area contributed by atoms with Crippen molar-refractivity contribution in [2.75, 3.05) is 13.2 Å². The number of benzene rings is 1. The number of esters is 8. The van der Waals surface area contributed by atoms with Crippen molar-refractivity contribution >= 4 is 82.8 Å². The van der Waals surface area contributed by atoms with E-state index in [2.05, 4.69) is 0 Å². The minimum atomic E-state index is -1.79. The van der Waals surface area contributed by atoms with Crippen LogP contribution in [0.15, 0.2) is 15.9 Å². The molecule has 22 nitrogen and oxygen atoms in total. The number of ether oxygens (including phenoxy) is 10. The number of allylic oxidation sites excluding steroid dienone is 2. The molecule has 1 aliphatic carbocycles. The summed E-state index contributed by atoms with van der Waals surface area (Å²) >= 11 is 0.733. The van der Waals surface area contributed by atoms with Crippen LogP contribution in [0.25, 0.3) is 0 Å². The van der Waals surface area contributed by atoms with Gasteiger partial charge in [0.1, 0.15) is 47.8 Å². The number of hydrogen-bond acceptors (Lipinski definition) is 24. The first kappa shape index (κ1) is 52.9. The Labute approximate surface area is 385 Å². The third-order valence-electron chi connectivity index (χ3n) is 9.52. The van der Waals surface area contributed by atoms with Gasteiger partial charge < -0.3 is 57.6 Å². The maximum absolute atomic E-state index is 15.1. The van der Waals surface area contributed by atoms with Crippen molar-refractivity contribution in [3.05, 3.63) is 32.6 Å². The molecule has 10 atom stereocenters. The zero-order chi connectivity index (χ0) is 49.7. The van der Waals surface area contributed by atoms with E-state index in [0.29, 0.717) is 23.5 Å². The van der Waals surface area contributed by atoms with Gasteiger partial charge in [0.05, 0.1) is 20.9 Å². The van der Waals surface area contributed by atoms with Crippen molar-refractivity contribution in [2.45, 2.75) is 141 Å². The van der Waals surface area contributed by atoms with Crippen molar-refractivity contribution < 1.29 is 106 Å². The fourth-order valence-electron chi connectivity index (χ4n) is 7.13. The van der Waals surface area contributed by atoms with Gasteiger partial charge in [0.15, 0.2) is 36.6 Å². The number of carbonyl (C=O) groups is 10. The van der Waals surface area contributed by atoms with E-state index in [-0.39, 0.29) is 5.56 Å². The summed E-state index contributed by atoms with van der Waals surface area (Å²) in [7, 11) is 0. The molecule has 4 rings (SSSR count). The average Bonchev–Trinajstić information content (AvgIpc) is 3.17. The first-order valence-corrected chi connectivity index (χ1v) is 21.8. The number of thioether (sulfide) groups is 2. The van der Waals surface area contributed by atoms with Crippen LogP contribution in [0.5, 0.6) is 11.5 Å². The van der Waals surface area contributed by atoms with E-state index in [1.807, 2.05) is 0 Å². The fourth-order valence-corrected chi connectivity index (χ4v) is 9.78. The molecule has 2 saturated heterocycles. The highest BCUT2D eigenvalue weighted by Gasteiger charge is 2.56. The second kappa shape index (κ2) is 21.7. The standard InChI is InChI=1S/C42H50O22S2/c1-15(43)55-13-25-32(57-17(3)45)34(59-19(5)47)36(61-21(7)49)40(63-25)65-38-30(53)27-24(51)12-23(42(9,10)11)29(52)28(27)31(54)39(38)66-41-37(62-22(8)50)35(60-20(6)48)33(58-18(4)46)26(64-41)14-56-16(2)44/h12,25-26,32-37,40-41,51-52H,13-14H2,1-11H3/t25-,26-,32-,33-,34+,35+,36-,37-,40+,41+/m1/s1. The van der Waals surface area contributed by atoms with E-state index < -0.39 is 170 Å². The fraction of sp³-hybridized carbons (Fsp3) is 0.571. The first-order chi connectivity index (χ1) is 30.6. The number of ketones is 2. The molecule has 0 unspecified atom stereocenters. The van der Waals surface area contributed by atoms with Crippen LogP contribution in [0, 0.1) is 0 Å². The number of Topliss-reactive ketones (excluding diaryl/α,β-unsaturated/α-hetero) is 2. The molecule has 0 saturated carbocycles. The van der Waals surface area contributed by atoms with Gasteiger partial charge in [-0.2, -0.15) is 0 Å². The summed E-state index contributed by atoms with van der Waals surface area (Å²) in [4.78, 5) is 128. The lowest BCUT2D eigenvalue weighted by molar-refractivity contribution is -0.237. The zero-order valence-corrected chi connectivity index (χ0v) is 39.3. The predicted molar refractivity (Wildman–Crippen MR) is 223 cm³/mol. The van der Waals surface area contributed by atoms with E-state index in [9.17, 15) is 53.4 Å². The van der Waals surface area contributed by atoms with Crippen LogP contribution in [0.2, 0.25) is 0 Å². The number of rotatable bonds is 14. The maximum Gasteiger partial charge on any atom is 0.303 e. The topological polar surface area (TPSA) is 303 Å². The molecule has 362 valence electrons. The summed E-state index contributed by atoms with van der Waals surface area (Å²) in [5.74, 6) is -11.2. The molecule has 24 heteroatoms. The predicted octanol–water partition coefficient (Wildman–Crippen LogP) is 2.62. The van der Waals surface area contributed by atoms with Crippen LogP contribution in [-0.4, -0.2) is 142 Å². The third-order valence-corrected chi connectivity index (χ3v) is 12.1. The van der Waals surface area contributed by atoms with Gasteiger partial charge in [0, 0.05) is 61.0 Å². The Bertz CT molecular complexity index is 2190. The van der Waals surface area contributed by atoms with E-state index in [0.717, 1.165) is 61.5 Å². The quantitative estimate of drug-likeness (QED) is 0.154. The van der Waals surface area contributed by atoms with Gasteiger partial charge in [-0.15, -0.1) is 0 Å². The lowest BCUT2D eigenvalue weighted by Gasteiger charge is -2.45. The van der Waals surface area contributed by atoms with Gasteiger partial charge in [-0.25, -0.2) is 0 Å². The van der Waals surface area contributed by atoms with Crippen LogP contribution in [0.4, 0.5) is 0 Å². The zero-order valence-electron chi connectivity index (χ0n) is 37.6. The van der Waals surface area contributed by atoms with E-state index >= 15 is 4.79 Å². The molecule has 2 heterocycles. The van der Waals surface area contributed by atoms with Crippen molar-refractivity contribution in [3.8, 4) is 11.5 Å². The van der Waals surface area contributed by atoms with Crippen LogP contribution in [0.3, 0.4) is 0 Å². The number of hydrogen-bond donors (Lipinski definition) is 2. The van der Waals surface area contributed by atoms with E-state index in [4.69, 9.17) is 47.4 Å². The third kappa shape index (κ3) is 12.8. The van der Waals surface area contributed by atoms with Crippen molar-refractivity contribution in [3.63, 3.8) is 0 Å². The summed E-state index contributed by atoms with van der Waals surface area (Å²) in [6.45, 7) is 11.7. The van der Waals surface area contributed by atoms with Crippen molar-refractivity contribution in [2.24, 2.45) is 0 Å². The molecule has 0 radical (unpaired) electrons.